The van der Waals surface area contributed by atoms with E-state index in [4.69, 9.17) is 14.0 Å². The first-order chi connectivity index (χ1) is 19.7. The average molecular weight is 580 g/mol. The Morgan fingerprint density at radius 3 is 2.51 bits per heavy atom. The summed E-state index contributed by atoms with van der Waals surface area (Å²) < 4.78 is 46.2. The van der Waals surface area contributed by atoms with Crippen LogP contribution in [0, 0.1) is 20.8 Å². The molecule has 0 saturated carbocycles. The lowest BCUT2D eigenvalue weighted by atomic mass is 9.97. The van der Waals surface area contributed by atoms with E-state index in [-0.39, 0.29) is 10.7 Å². The number of aryl methyl sites for hydroxylation is 2. The van der Waals surface area contributed by atoms with Gasteiger partial charge in [0.15, 0.2) is 5.82 Å². The molecule has 0 aliphatic heterocycles. The molecule has 0 unspecified atom stereocenters. The fourth-order valence-electron chi connectivity index (χ4n) is 4.19. The van der Waals surface area contributed by atoms with E-state index < -0.39 is 10.0 Å². The van der Waals surface area contributed by atoms with Gasteiger partial charge in [-0.2, -0.15) is 4.98 Å². The summed E-state index contributed by atoms with van der Waals surface area (Å²) in [6.07, 6.45) is 2.00. The molecular formula is C30H37N5O5S. The molecule has 2 N–H and O–H groups in total. The quantitative estimate of drug-likeness (QED) is 0.168. The SMILES string of the molecule is CCCCOc1cc(NCc2ccc(-c3ccccc3S(=O)(=O)Nc3noc(C)c3C)c(COCC)c2)nc(C)n1. The van der Waals surface area contributed by atoms with Crippen LogP contribution in [0.2, 0.25) is 0 Å². The van der Waals surface area contributed by atoms with Crippen molar-refractivity contribution < 1.29 is 22.4 Å². The third-order valence-corrected chi connectivity index (χ3v) is 7.92. The van der Waals surface area contributed by atoms with Crippen LogP contribution in [0.25, 0.3) is 11.1 Å². The standard InChI is InChI=1S/C30H37N5O5S/c1-6-8-15-39-29-17-28(32-22(5)33-29)31-18-23-13-14-25(24(16-23)19-38-7-2)26-11-9-10-12-27(26)41(36,37)35-30-20(3)21(4)40-34-30/h9-14,16-17H,6-8,15,18-19H2,1-5H3,(H,34,35)(H,31,32,33). The summed E-state index contributed by atoms with van der Waals surface area (Å²) in [4.78, 5) is 8.98. The first-order valence-electron chi connectivity index (χ1n) is 13.7. The van der Waals surface area contributed by atoms with Crippen molar-refractivity contribution in [3.05, 3.63) is 76.8 Å². The van der Waals surface area contributed by atoms with Crippen LogP contribution in [0.3, 0.4) is 0 Å². The highest BCUT2D eigenvalue weighted by atomic mass is 32.2. The molecule has 0 aliphatic carbocycles. The summed E-state index contributed by atoms with van der Waals surface area (Å²) in [5.41, 5.74) is 3.82. The number of rotatable bonds is 14. The number of nitrogens with zero attached hydrogens (tertiary/aromatic N) is 3. The lowest BCUT2D eigenvalue weighted by molar-refractivity contribution is 0.134. The molecule has 0 aliphatic rings. The Labute approximate surface area is 241 Å². The Bertz CT molecular complexity index is 1590. The topological polar surface area (TPSA) is 128 Å². The second-order valence-corrected chi connectivity index (χ2v) is 11.3. The Balaban J connectivity index is 1.61. The number of hydrogen-bond donors (Lipinski definition) is 2. The molecule has 2 heterocycles. The van der Waals surface area contributed by atoms with Crippen molar-refractivity contribution in [1.82, 2.24) is 15.1 Å². The van der Waals surface area contributed by atoms with Crippen molar-refractivity contribution in [1.29, 1.82) is 0 Å². The summed E-state index contributed by atoms with van der Waals surface area (Å²) in [6.45, 7) is 11.3. The monoisotopic (exact) mass is 579 g/mol. The highest BCUT2D eigenvalue weighted by Crippen LogP contribution is 2.33. The predicted molar refractivity (Wildman–Crippen MR) is 158 cm³/mol. The Morgan fingerprint density at radius 2 is 1.78 bits per heavy atom. The molecule has 11 heteroatoms. The lowest BCUT2D eigenvalue weighted by Gasteiger charge is -2.16. The van der Waals surface area contributed by atoms with Crippen LogP contribution in [0.15, 0.2) is 57.9 Å². The van der Waals surface area contributed by atoms with E-state index in [0.29, 0.717) is 60.8 Å². The second kappa shape index (κ2) is 13.6. The number of ether oxygens (including phenoxy) is 2. The van der Waals surface area contributed by atoms with Crippen molar-refractivity contribution in [2.24, 2.45) is 0 Å². The summed E-state index contributed by atoms with van der Waals surface area (Å²) in [5.74, 6) is 2.56. The average Bonchev–Trinajstić information content (AvgIpc) is 3.26. The summed E-state index contributed by atoms with van der Waals surface area (Å²) in [6, 6.07) is 14.6. The minimum Gasteiger partial charge on any atom is -0.478 e. The normalized spacial score (nSPS) is 11.4. The predicted octanol–water partition coefficient (Wildman–Crippen LogP) is 6.19. The van der Waals surface area contributed by atoms with Crippen LogP contribution in [-0.4, -0.2) is 36.8 Å². The maximum Gasteiger partial charge on any atom is 0.263 e. The van der Waals surface area contributed by atoms with Crippen LogP contribution in [0.4, 0.5) is 11.6 Å². The van der Waals surface area contributed by atoms with Crippen molar-refractivity contribution in [3.8, 4) is 17.0 Å². The molecule has 4 aromatic rings. The van der Waals surface area contributed by atoms with Gasteiger partial charge in [-0.15, -0.1) is 0 Å². The van der Waals surface area contributed by atoms with Gasteiger partial charge in [0.25, 0.3) is 10.0 Å². The number of unbranched alkanes of at least 4 members (excludes halogenated alkanes) is 1. The van der Waals surface area contributed by atoms with Crippen molar-refractivity contribution in [2.75, 3.05) is 23.3 Å². The minimum atomic E-state index is -3.96. The van der Waals surface area contributed by atoms with Crippen molar-refractivity contribution in [2.45, 2.75) is 65.5 Å². The number of nitrogens with one attached hydrogen (secondary N) is 2. The van der Waals surface area contributed by atoms with Crippen molar-refractivity contribution in [3.63, 3.8) is 0 Å². The smallest absolute Gasteiger partial charge is 0.263 e. The third kappa shape index (κ3) is 7.62. The maximum atomic E-state index is 13.5. The van der Waals surface area contributed by atoms with Crippen molar-refractivity contribution >= 4 is 21.7 Å². The molecule has 0 saturated heterocycles. The lowest BCUT2D eigenvalue weighted by Crippen LogP contribution is -2.15. The number of benzene rings is 2. The molecular weight excluding hydrogens is 542 g/mol. The van der Waals surface area contributed by atoms with Gasteiger partial charge in [0, 0.05) is 30.3 Å². The fraction of sp³-hybridized carbons (Fsp3) is 0.367. The number of aromatic nitrogens is 3. The Morgan fingerprint density at radius 1 is 0.976 bits per heavy atom. The zero-order valence-electron chi connectivity index (χ0n) is 24.2. The van der Waals surface area contributed by atoms with E-state index in [2.05, 4.69) is 32.1 Å². The second-order valence-electron chi connectivity index (χ2n) is 9.64. The van der Waals surface area contributed by atoms with Gasteiger partial charge in [-0.05, 0) is 56.9 Å². The van der Waals surface area contributed by atoms with Gasteiger partial charge < -0.3 is 19.3 Å². The van der Waals surface area contributed by atoms with Crippen LogP contribution < -0.4 is 14.8 Å². The molecule has 10 nitrogen and oxygen atoms in total. The van der Waals surface area contributed by atoms with Gasteiger partial charge in [-0.3, -0.25) is 4.72 Å². The van der Waals surface area contributed by atoms with Gasteiger partial charge in [0.05, 0.1) is 18.1 Å². The molecule has 0 bridgehead atoms. The third-order valence-electron chi connectivity index (χ3n) is 6.52. The molecule has 0 radical (unpaired) electrons. The maximum absolute atomic E-state index is 13.5. The van der Waals surface area contributed by atoms with Gasteiger partial charge in [0.1, 0.15) is 17.4 Å². The molecule has 0 amide bonds. The van der Waals surface area contributed by atoms with Gasteiger partial charge in [-0.1, -0.05) is 54.9 Å². The molecule has 4 rings (SSSR count). The molecule has 0 fully saturated rings. The van der Waals surface area contributed by atoms with E-state index in [0.717, 1.165) is 29.5 Å². The van der Waals surface area contributed by atoms with E-state index >= 15 is 0 Å². The van der Waals surface area contributed by atoms with E-state index in [1.807, 2.05) is 38.1 Å². The first kappa shape index (κ1) is 30.0. The molecule has 2 aromatic heterocycles. The largest absolute Gasteiger partial charge is 0.478 e. The van der Waals surface area contributed by atoms with E-state index in [1.165, 1.54) is 0 Å². The number of sulfonamides is 1. The minimum absolute atomic E-state index is 0.135. The van der Waals surface area contributed by atoms with Crippen LogP contribution >= 0.6 is 0 Å². The molecule has 41 heavy (non-hydrogen) atoms. The van der Waals surface area contributed by atoms with Gasteiger partial charge in [0.2, 0.25) is 5.88 Å². The number of hydrogen-bond acceptors (Lipinski definition) is 9. The van der Waals surface area contributed by atoms with Crippen LogP contribution in [0.5, 0.6) is 5.88 Å². The summed E-state index contributed by atoms with van der Waals surface area (Å²) in [7, 11) is -3.96. The molecule has 0 atom stereocenters. The van der Waals surface area contributed by atoms with Gasteiger partial charge >= 0.3 is 0 Å². The molecule has 218 valence electrons. The van der Waals surface area contributed by atoms with E-state index in [1.54, 1.807) is 38.1 Å². The molecule has 2 aromatic carbocycles. The fourth-order valence-corrected chi connectivity index (χ4v) is 5.47. The highest BCUT2D eigenvalue weighted by Gasteiger charge is 2.23. The van der Waals surface area contributed by atoms with Crippen LogP contribution in [0.1, 0.15) is 55.0 Å². The zero-order chi connectivity index (χ0) is 29.4. The Kier molecular flexibility index (Phi) is 9.95. The first-order valence-corrected chi connectivity index (χ1v) is 15.2. The Hall–Kier alpha value is -3.96. The van der Waals surface area contributed by atoms with Crippen LogP contribution in [-0.2, 0) is 27.9 Å². The zero-order valence-corrected chi connectivity index (χ0v) is 25.0. The summed E-state index contributed by atoms with van der Waals surface area (Å²) >= 11 is 0. The van der Waals surface area contributed by atoms with Gasteiger partial charge in [-0.25, -0.2) is 13.4 Å². The highest BCUT2D eigenvalue weighted by molar-refractivity contribution is 7.92. The van der Waals surface area contributed by atoms with E-state index in [9.17, 15) is 8.42 Å². The number of anilines is 2. The molecule has 0 spiro atoms. The summed E-state index contributed by atoms with van der Waals surface area (Å²) in [5, 5.41) is 7.22.